The molecule has 0 unspecified atom stereocenters. The first-order valence-electron chi connectivity index (χ1n) is 5.42. The third-order valence-electron chi connectivity index (χ3n) is 2.40. The van der Waals surface area contributed by atoms with Gasteiger partial charge in [0.1, 0.15) is 5.82 Å². The molecular formula is C13H11FN2O2S. The summed E-state index contributed by atoms with van der Waals surface area (Å²) >= 11 is 1.28. The van der Waals surface area contributed by atoms with Gasteiger partial charge in [-0.25, -0.2) is 9.18 Å². The Morgan fingerprint density at radius 3 is 2.74 bits per heavy atom. The first kappa shape index (κ1) is 13.4. The van der Waals surface area contributed by atoms with Gasteiger partial charge in [-0.3, -0.25) is 4.98 Å². The number of aromatic carboxylic acids is 1. The van der Waals surface area contributed by atoms with Gasteiger partial charge in [0.2, 0.25) is 0 Å². The molecule has 0 radical (unpaired) electrons. The Morgan fingerprint density at radius 1 is 1.37 bits per heavy atom. The van der Waals surface area contributed by atoms with E-state index in [-0.39, 0.29) is 11.4 Å². The van der Waals surface area contributed by atoms with Crippen molar-refractivity contribution in [1.29, 1.82) is 0 Å². The number of anilines is 1. The molecule has 98 valence electrons. The van der Waals surface area contributed by atoms with Crippen molar-refractivity contribution in [2.75, 3.05) is 5.73 Å². The molecule has 4 nitrogen and oxygen atoms in total. The number of carboxylic acid groups (broad SMARTS) is 1. The average molecular weight is 278 g/mol. The zero-order chi connectivity index (χ0) is 13.8. The molecule has 0 aliphatic rings. The number of rotatable bonds is 4. The molecule has 6 heteroatoms. The molecule has 0 bridgehead atoms. The van der Waals surface area contributed by atoms with Crippen LogP contribution in [0.2, 0.25) is 0 Å². The van der Waals surface area contributed by atoms with Gasteiger partial charge >= 0.3 is 5.97 Å². The quantitative estimate of drug-likeness (QED) is 0.664. The van der Waals surface area contributed by atoms with Crippen molar-refractivity contribution in [2.24, 2.45) is 0 Å². The highest BCUT2D eigenvalue weighted by atomic mass is 32.2. The monoisotopic (exact) mass is 278 g/mol. The van der Waals surface area contributed by atoms with Gasteiger partial charge in [-0.05, 0) is 30.3 Å². The second-order valence-corrected chi connectivity index (χ2v) is 4.84. The molecule has 19 heavy (non-hydrogen) atoms. The lowest BCUT2D eigenvalue weighted by Gasteiger charge is -2.04. The molecule has 0 aliphatic carbocycles. The Balaban J connectivity index is 2.04. The molecule has 2 rings (SSSR count). The van der Waals surface area contributed by atoms with Gasteiger partial charge in [0.15, 0.2) is 0 Å². The highest BCUT2D eigenvalue weighted by Gasteiger charge is 2.06. The summed E-state index contributed by atoms with van der Waals surface area (Å²) < 4.78 is 13.5. The van der Waals surface area contributed by atoms with Crippen molar-refractivity contribution < 1.29 is 14.3 Å². The first-order chi connectivity index (χ1) is 9.06. The number of nitrogen functional groups attached to an aromatic ring is 1. The summed E-state index contributed by atoms with van der Waals surface area (Å²) in [5.74, 6) is -0.927. The highest BCUT2D eigenvalue weighted by molar-refractivity contribution is 7.98. The minimum atomic E-state index is -1.02. The normalized spacial score (nSPS) is 10.4. The summed E-state index contributed by atoms with van der Waals surface area (Å²) in [6.45, 7) is 0. The van der Waals surface area contributed by atoms with Crippen molar-refractivity contribution in [3.05, 3.63) is 53.6 Å². The Morgan fingerprint density at radius 2 is 2.16 bits per heavy atom. The standard InChI is InChI=1S/C13H11FN2O2S/c14-11-5-9(15)2-4-12(11)19-7-10-3-1-8(6-16-10)13(17)18/h1-6H,7,15H2,(H,17,18). The van der Waals surface area contributed by atoms with Crippen LogP contribution < -0.4 is 5.73 Å². The van der Waals surface area contributed by atoms with Crippen LogP contribution >= 0.6 is 11.8 Å². The van der Waals surface area contributed by atoms with Crippen LogP contribution in [-0.2, 0) is 5.75 Å². The molecule has 0 spiro atoms. The fraction of sp³-hybridized carbons (Fsp3) is 0.0769. The molecule has 2 aromatic rings. The van der Waals surface area contributed by atoms with Gasteiger partial charge < -0.3 is 10.8 Å². The summed E-state index contributed by atoms with van der Waals surface area (Å²) in [6, 6.07) is 7.60. The molecule has 0 atom stereocenters. The van der Waals surface area contributed by atoms with Crippen molar-refractivity contribution in [1.82, 2.24) is 4.98 Å². The number of nitrogens with two attached hydrogens (primary N) is 1. The lowest BCUT2D eigenvalue weighted by Crippen LogP contribution is -1.98. The van der Waals surface area contributed by atoms with E-state index in [2.05, 4.69) is 4.98 Å². The molecule has 0 saturated carbocycles. The smallest absolute Gasteiger partial charge is 0.337 e. The maximum atomic E-state index is 13.5. The predicted molar refractivity (Wildman–Crippen MR) is 71.6 cm³/mol. The van der Waals surface area contributed by atoms with E-state index in [0.717, 1.165) is 0 Å². The summed E-state index contributed by atoms with van der Waals surface area (Å²) in [5.41, 5.74) is 6.66. The van der Waals surface area contributed by atoms with Crippen LogP contribution in [0.1, 0.15) is 16.1 Å². The third kappa shape index (κ3) is 3.45. The van der Waals surface area contributed by atoms with Gasteiger partial charge in [0, 0.05) is 22.5 Å². The molecule has 1 aromatic carbocycles. The van der Waals surface area contributed by atoms with E-state index >= 15 is 0 Å². The number of carboxylic acids is 1. The van der Waals surface area contributed by atoms with E-state index in [1.54, 1.807) is 18.2 Å². The van der Waals surface area contributed by atoms with Crippen LogP contribution in [0, 0.1) is 5.82 Å². The van der Waals surface area contributed by atoms with E-state index in [0.29, 0.717) is 22.0 Å². The molecular weight excluding hydrogens is 267 g/mol. The third-order valence-corrected chi connectivity index (χ3v) is 3.49. The lowest BCUT2D eigenvalue weighted by atomic mass is 10.2. The van der Waals surface area contributed by atoms with Crippen LogP contribution in [0.25, 0.3) is 0 Å². The van der Waals surface area contributed by atoms with Crippen molar-refractivity contribution >= 4 is 23.4 Å². The SMILES string of the molecule is Nc1ccc(SCc2ccc(C(=O)O)cn2)c(F)c1. The summed E-state index contributed by atoms with van der Waals surface area (Å²) in [7, 11) is 0. The molecule has 3 N–H and O–H groups in total. The number of aromatic nitrogens is 1. The Kier molecular flexibility index (Phi) is 4.01. The Bertz CT molecular complexity index is 602. The molecule has 1 heterocycles. The van der Waals surface area contributed by atoms with E-state index in [1.165, 1.54) is 30.1 Å². The number of hydrogen-bond acceptors (Lipinski definition) is 4. The maximum absolute atomic E-state index is 13.5. The second kappa shape index (κ2) is 5.71. The first-order valence-corrected chi connectivity index (χ1v) is 6.41. The molecule has 0 fully saturated rings. The maximum Gasteiger partial charge on any atom is 0.337 e. The molecule has 1 aromatic heterocycles. The zero-order valence-corrected chi connectivity index (χ0v) is 10.7. The number of carbonyl (C=O) groups is 1. The van der Waals surface area contributed by atoms with Gasteiger partial charge in [-0.1, -0.05) is 0 Å². The van der Waals surface area contributed by atoms with E-state index in [1.807, 2.05) is 0 Å². The van der Waals surface area contributed by atoms with Gasteiger partial charge in [-0.2, -0.15) is 0 Å². The van der Waals surface area contributed by atoms with Crippen molar-refractivity contribution in [3.8, 4) is 0 Å². The van der Waals surface area contributed by atoms with E-state index in [4.69, 9.17) is 10.8 Å². The zero-order valence-electron chi connectivity index (χ0n) is 9.84. The molecule has 0 saturated heterocycles. The second-order valence-electron chi connectivity index (χ2n) is 3.82. The highest BCUT2D eigenvalue weighted by Crippen LogP contribution is 2.26. The fourth-order valence-corrected chi connectivity index (χ4v) is 2.26. The lowest BCUT2D eigenvalue weighted by molar-refractivity contribution is 0.0696. The Labute approximate surface area is 113 Å². The van der Waals surface area contributed by atoms with Gasteiger partial charge in [0.05, 0.1) is 11.3 Å². The van der Waals surface area contributed by atoms with Crippen molar-refractivity contribution in [2.45, 2.75) is 10.6 Å². The van der Waals surface area contributed by atoms with E-state index < -0.39 is 5.97 Å². The van der Waals surface area contributed by atoms with Crippen LogP contribution in [0.15, 0.2) is 41.4 Å². The molecule has 0 amide bonds. The van der Waals surface area contributed by atoms with Crippen LogP contribution in [0.3, 0.4) is 0 Å². The van der Waals surface area contributed by atoms with Gasteiger partial charge in [0.25, 0.3) is 0 Å². The fourth-order valence-electron chi connectivity index (χ4n) is 1.42. The van der Waals surface area contributed by atoms with Gasteiger partial charge in [-0.15, -0.1) is 11.8 Å². The summed E-state index contributed by atoms with van der Waals surface area (Å²) in [4.78, 5) is 15.2. The van der Waals surface area contributed by atoms with Crippen LogP contribution in [-0.4, -0.2) is 16.1 Å². The minimum Gasteiger partial charge on any atom is -0.478 e. The number of benzene rings is 1. The Hall–Kier alpha value is -2.08. The largest absolute Gasteiger partial charge is 0.478 e. The molecule has 0 aliphatic heterocycles. The topological polar surface area (TPSA) is 76.2 Å². The summed E-state index contributed by atoms with van der Waals surface area (Å²) in [5, 5.41) is 8.74. The van der Waals surface area contributed by atoms with E-state index in [9.17, 15) is 9.18 Å². The number of hydrogen-bond donors (Lipinski definition) is 2. The number of thioether (sulfide) groups is 1. The number of nitrogens with zero attached hydrogens (tertiary/aromatic N) is 1. The number of halogens is 1. The van der Waals surface area contributed by atoms with Crippen LogP contribution in [0.5, 0.6) is 0 Å². The predicted octanol–water partition coefficient (Wildman–Crippen LogP) is 2.79. The number of pyridine rings is 1. The van der Waals surface area contributed by atoms with Crippen molar-refractivity contribution in [3.63, 3.8) is 0 Å². The van der Waals surface area contributed by atoms with Crippen LogP contribution in [0.4, 0.5) is 10.1 Å². The average Bonchev–Trinajstić information content (AvgIpc) is 2.38. The minimum absolute atomic E-state index is 0.132. The summed E-state index contributed by atoms with van der Waals surface area (Å²) in [6.07, 6.45) is 1.29.